The molecule has 0 amide bonds. The zero-order valence-corrected chi connectivity index (χ0v) is 18.4. The molecule has 2 aromatic heterocycles. The SMILES string of the molecule is Cc1ncc(COc2cc(C)n([C@H](C)c3ccc(C#CC4CC4)cc3)c(=S)c2)cn1. The first-order chi connectivity index (χ1) is 14.5. The third kappa shape index (κ3) is 4.95. The van der Waals surface area contributed by atoms with Gasteiger partial charge < -0.3 is 9.30 Å². The van der Waals surface area contributed by atoms with Gasteiger partial charge in [-0.3, -0.25) is 0 Å². The molecule has 4 rings (SSSR count). The number of aryl methyl sites for hydroxylation is 2. The second-order valence-corrected chi connectivity index (χ2v) is 8.23. The maximum absolute atomic E-state index is 5.93. The summed E-state index contributed by atoms with van der Waals surface area (Å²) >= 11 is 5.69. The van der Waals surface area contributed by atoms with Crippen LogP contribution in [0, 0.1) is 36.2 Å². The van der Waals surface area contributed by atoms with Crippen molar-refractivity contribution in [2.24, 2.45) is 5.92 Å². The number of ether oxygens (including phenoxy) is 1. The number of benzene rings is 1. The Morgan fingerprint density at radius 2 is 1.83 bits per heavy atom. The average molecular weight is 416 g/mol. The van der Waals surface area contributed by atoms with Crippen LogP contribution in [0.15, 0.2) is 48.8 Å². The summed E-state index contributed by atoms with van der Waals surface area (Å²) in [6.07, 6.45) is 6.07. The Morgan fingerprint density at radius 1 is 1.13 bits per heavy atom. The molecule has 1 atom stereocenters. The van der Waals surface area contributed by atoms with Crippen LogP contribution in [0.25, 0.3) is 0 Å². The molecule has 152 valence electrons. The molecule has 0 saturated heterocycles. The molecule has 2 heterocycles. The zero-order chi connectivity index (χ0) is 21.1. The van der Waals surface area contributed by atoms with Crippen LogP contribution in [0.1, 0.15) is 54.0 Å². The Labute approximate surface area is 183 Å². The standard InChI is InChI=1S/C25H25N3OS/c1-17-12-24(29-16-22-14-26-19(3)27-15-22)13-25(30)28(17)18(2)23-10-8-21(9-11-23)7-6-20-4-5-20/h8-15,18,20H,4-5,16H2,1-3H3/t18-/m1/s1. The fourth-order valence-electron chi connectivity index (χ4n) is 3.33. The number of nitrogens with zero attached hydrogens (tertiary/aromatic N) is 3. The molecule has 3 aromatic rings. The van der Waals surface area contributed by atoms with Gasteiger partial charge in [-0.2, -0.15) is 0 Å². The molecule has 1 aromatic carbocycles. The van der Waals surface area contributed by atoms with E-state index in [0.717, 1.165) is 33.0 Å². The van der Waals surface area contributed by atoms with Crippen LogP contribution in [0.4, 0.5) is 0 Å². The van der Waals surface area contributed by atoms with Crippen molar-refractivity contribution < 1.29 is 4.74 Å². The molecule has 1 aliphatic carbocycles. The minimum absolute atomic E-state index is 0.127. The maximum Gasteiger partial charge on any atom is 0.125 e. The van der Waals surface area contributed by atoms with Gasteiger partial charge in [-0.1, -0.05) is 36.2 Å². The van der Waals surface area contributed by atoms with Gasteiger partial charge in [0.15, 0.2) is 0 Å². The maximum atomic E-state index is 5.93. The lowest BCUT2D eigenvalue weighted by Gasteiger charge is -2.21. The quantitative estimate of drug-likeness (QED) is 0.403. The highest BCUT2D eigenvalue weighted by atomic mass is 32.1. The lowest BCUT2D eigenvalue weighted by atomic mass is 10.1. The molecular formula is C25H25N3OS. The summed E-state index contributed by atoms with van der Waals surface area (Å²) < 4.78 is 8.83. The summed E-state index contributed by atoms with van der Waals surface area (Å²) in [6, 6.07) is 12.5. The van der Waals surface area contributed by atoms with Crippen LogP contribution < -0.4 is 4.74 Å². The summed E-state index contributed by atoms with van der Waals surface area (Å²) in [5, 5.41) is 0. The molecule has 4 nitrogen and oxygen atoms in total. The Balaban J connectivity index is 1.48. The van der Waals surface area contributed by atoms with Gasteiger partial charge in [0, 0.05) is 41.2 Å². The highest BCUT2D eigenvalue weighted by molar-refractivity contribution is 7.71. The third-order valence-corrected chi connectivity index (χ3v) is 5.57. The Morgan fingerprint density at radius 3 is 2.47 bits per heavy atom. The zero-order valence-electron chi connectivity index (χ0n) is 17.6. The van der Waals surface area contributed by atoms with Gasteiger partial charge in [0.1, 0.15) is 22.8 Å². The summed E-state index contributed by atoms with van der Waals surface area (Å²) in [5.74, 6) is 8.70. The van der Waals surface area contributed by atoms with Crippen molar-refractivity contribution in [3.05, 3.63) is 81.6 Å². The topological polar surface area (TPSA) is 39.9 Å². The van der Waals surface area contributed by atoms with E-state index < -0.39 is 0 Å². The van der Waals surface area contributed by atoms with E-state index in [2.05, 4.69) is 64.5 Å². The minimum atomic E-state index is 0.127. The van der Waals surface area contributed by atoms with E-state index >= 15 is 0 Å². The van der Waals surface area contributed by atoms with Crippen LogP contribution >= 0.6 is 12.2 Å². The van der Waals surface area contributed by atoms with Crippen molar-refractivity contribution in [1.82, 2.24) is 14.5 Å². The van der Waals surface area contributed by atoms with Crippen molar-refractivity contribution in [3.8, 4) is 17.6 Å². The van der Waals surface area contributed by atoms with E-state index in [-0.39, 0.29) is 6.04 Å². The highest BCUT2D eigenvalue weighted by Crippen LogP contribution is 2.28. The number of hydrogen-bond donors (Lipinski definition) is 0. The highest BCUT2D eigenvalue weighted by Gasteiger charge is 2.17. The molecule has 1 aliphatic rings. The van der Waals surface area contributed by atoms with Crippen LogP contribution in [-0.2, 0) is 6.61 Å². The Bertz CT molecular complexity index is 1150. The molecule has 0 unspecified atom stereocenters. The first-order valence-electron chi connectivity index (χ1n) is 10.2. The lowest BCUT2D eigenvalue weighted by molar-refractivity contribution is 0.303. The first-order valence-corrected chi connectivity index (χ1v) is 10.7. The lowest BCUT2D eigenvalue weighted by Crippen LogP contribution is -2.12. The van der Waals surface area contributed by atoms with Crippen molar-refractivity contribution in [3.63, 3.8) is 0 Å². The van der Waals surface area contributed by atoms with E-state index in [4.69, 9.17) is 17.0 Å². The second-order valence-electron chi connectivity index (χ2n) is 7.81. The van der Waals surface area contributed by atoms with E-state index in [1.165, 1.54) is 18.4 Å². The van der Waals surface area contributed by atoms with Crippen LogP contribution in [-0.4, -0.2) is 14.5 Å². The number of aromatic nitrogens is 3. The Hall–Kier alpha value is -2.97. The fourth-order valence-corrected chi connectivity index (χ4v) is 3.75. The molecular weight excluding hydrogens is 390 g/mol. The largest absolute Gasteiger partial charge is 0.489 e. The molecule has 0 radical (unpaired) electrons. The summed E-state index contributed by atoms with van der Waals surface area (Å²) in [5.41, 5.74) is 4.26. The molecule has 1 fully saturated rings. The van der Waals surface area contributed by atoms with Gasteiger partial charge >= 0.3 is 0 Å². The molecule has 30 heavy (non-hydrogen) atoms. The van der Waals surface area contributed by atoms with Gasteiger partial charge in [0.2, 0.25) is 0 Å². The minimum Gasteiger partial charge on any atom is -0.489 e. The van der Waals surface area contributed by atoms with Crippen molar-refractivity contribution in [1.29, 1.82) is 0 Å². The summed E-state index contributed by atoms with van der Waals surface area (Å²) in [7, 11) is 0. The van der Waals surface area contributed by atoms with E-state index in [0.29, 0.717) is 12.5 Å². The predicted octanol–water partition coefficient (Wildman–Crippen LogP) is 5.57. The van der Waals surface area contributed by atoms with Crippen LogP contribution in [0.2, 0.25) is 0 Å². The smallest absolute Gasteiger partial charge is 0.125 e. The number of pyridine rings is 1. The van der Waals surface area contributed by atoms with Gasteiger partial charge in [0.05, 0.1) is 6.04 Å². The molecule has 1 saturated carbocycles. The first kappa shape index (κ1) is 20.3. The van der Waals surface area contributed by atoms with Gasteiger partial charge in [-0.15, -0.1) is 0 Å². The van der Waals surface area contributed by atoms with Gasteiger partial charge in [-0.25, -0.2) is 9.97 Å². The van der Waals surface area contributed by atoms with Crippen molar-refractivity contribution in [2.45, 2.75) is 46.3 Å². The number of hydrogen-bond acceptors (Lipinski definition) is 4. The van der Waals surface area contributed by atoms with Gasteiger partial charge in [-0.05, 0) is 57.4 Å². The monoisotopic (exact) mass is 415 g/mol. The summed E-state index contributed by atoms with van der Waals surface area (Å²) in [6.45, 7) is 6.50. The van der Waals surface area contributed by atoms with Gasteiger partial charge in [0.25, 0.3) is 0 Å². The molecule has 0 N–H and O–H groups in total. The fraction of sp³-hybridized carbons (Fsp3) is 0.320. The van der Waals surface area contributed by atoms with Crippen LogP contribution in [0.3, 0.4) is 0 Å². The number of rotatable bonds is 5. The summed E-state index contributed by atoms with van der Waals surface area (Å²) in [4.78, 5) is 8.41. The predicted molar refractivity (Wildman–Crippen MR) is 121 cm³/mol. The molecule has 0 aliphatic heterocycles. The van der Waals surface area contributed by atoms with E-state index in [1.54, 1.807) is 12.4 Å². The normalized spacial score (nSPS) is 14.0. The van der Waals surface area contributed by atoms with E-state index in [9.17, 15) is 0 Å². The van der Waals surface area contributed by atoms with E-state index in [1.807, 2.05) is 19.1 Å². The Kier molecular flexibility index (Phi) is 5.96. The molecule has 5 heteroatoms. The third-order valence-electron chi connectivity index (χ3n) is 5.25. The van der Waals surface area contributed by atoms with Crippen molar-refractivity contribution >= 4 is 12.2 Å². The molecule has 0 bridgehead atoms. The van der Waals surface area contributed by atoms with Crippen molar-refractivity contribution in [2.75, 3.05) is 0 Å². The van der Waals surface area contributed by atoms with Crippen LogP contribution in [0.5, 0.6) is 5.75 Å². The molecule has 0 spiro atoms. The second kappa shape index (κ2) is 8.81. The average Bonchev–Trinajstić information content (AvgIpc) is 3.56.